The molecule has 0 spiro atoms. The Morgan fingerprint density at radius 3 is 2.61 bits per heavy atom. The Morgan fingerprint density at radius 1 is 1.13 bits per heavy atom. The van der Waals surface area contributed by atoms with Gasteiger partial charge in [0.1, 0.15) is 0 Å². The summed E-state index contributed by atoms with van der Waals surface area (Å²) in [6.45, 7) is 1.28. The van der Waals surface area contributed by atoms with E-state index < -0.39 is 12.1 Å². The quantitative estimate of drug-likeness (QED) is 0.607. The van der Waals surface area contributed by atoms with Crippen molar-refractivity contribution in [1.29, 1.82) is 0 Å². The zero-order valence-corrected chi connectivity index (χ0v) is 17.7. The topological polar surface area (TPSA) is 81.7 Å². The molecular weight excluding hydrogens is 414 g/mol. The maximum Gasteiger partial charge on any atom is 0.254 e. The molecule has 2 atom stereocenters. The van der Waals surface area contributed by atoms with Crippen molar-refractivity contribution in [2.45, 2.75) is 18.6 Å². The molecule has 4 rings (SSSR count). The number of nitrogens with zero attached hydrogens (tertiary/aromatic N) is 1. The molecule has 0 saturated carbocycles. The predicted octanol–water partition coefficient (Wildman–Crippen LogP) is 2.64. The lowest BCUT2D eigenvalue weighted by Crippen LogP contribution is -2.52. The summed E-state index contributed by atoms with van der Waals surface area (Å²) in [6, 6.07) is 14.2. The van der Waals surface area contributed by atoms with Crippen LogP contribution in [0.25, 0.3) is 6.08 Å². The first-order chi connectivity index (χ1) is 15.0. The number of fused-ring (bicyclic) bond motifs is 1. The fourth-order valence-corrected chi connectivity index (χ4v) is 3.96. The minimum atomic E-state index is -1.34. The van der Waals surface area contributed by atoms with Crippen molar-refractivity contribution in [2.24, 2.45) is 0 Å². The highest BCUT2D eigenvalue weighted by Gasteiger charge is 2.32. The molecule has 7 heteroatoms. The van der Waals surface area contributed by atoms with Gasteiger partial charge in [-0.25, -0.2) is 0 Å². The fourth-order valence-electron chi connectivity index (χ4n) is 3.78. The van der Waals surface area contributed by atoms with E-state index in [0.717, 1.165) is 16.8 Å². The normalized spacial score (nSPS) is 16.7. The minimum Gasteiger partial charge on any atom is -0.381 e. The maximum atomic E-state index is 13.0. The summed E-state index contributed by atoms with van der Waals surface area (Å²) in [7, 11) is 0. The van der Waals surface area contributed by atoms with E-state index in [4.69, 9.17) is 11.6 Å². The Kier molecular flexibility index (Phi) is 6.39. The zero-order chi connectivity index (χ0) is 21.8. The van der Waals surface area contributed by atoms with Crippen molar-refractivity contribution < 1.29 is 14.7 Å². The van der Waals surface area contributed by atoms with Crippen LogP contribution < -0.4 is 10.6 Å². The molecule has 0 radical (unpaired) electrons. The number of carbonyl (C=O) groups excluding carboxylic acids is 2. The van der Waals surface area contributed by atoms with Crippen LogP contribution in [0, 0.1) is 0 Å². The molecule has 2 amide bonds. The number of carbonyl (C=O) groups is 2. The molecule has 6 nitrogen and oxygen atoms in total. The smallest absolute Gasteiger partial charge is 0.254 e. The van der Waals surface area contributed by atoms with Crippen molar-refractivity contribution in [3.8, 4) is 0 Å². The summed E-state index contributed by atoms with van der Waals surface area (Å²) in [4.78, 5) is 27.4. The lowest BCUT2D eigenvalue weighted by molar-refractivity contribution is -0.140. The van der Waals surface area contributed by atoms with Crippen LogP contribution in [0.15, 0.2) is 66.3 Å². The van der Waals surface area contributed by atoms with Gasteiger partial charge in [0.15, 0.2) is 6.10 Å². The Morgan fingerprint density at radius 2 is 1.87 bits per heavy atom. The van der Waals surface area contributed by atoms with E-state index in [0.29, 0.717) is 36.7 Å². The van der Waals surface area contributed by atoms with Gasteiger partial charge in [-0.3, -0.25) is 9.59 Å². The first kappa shape index (κ1) is 21.2. The summed E-state index contributed by atoms with van der Waals surface area (Å²) in [5, 5.41) is 17.5. The van der Waals surface area contributed by atoms with Gasteiger partial charge in [0, 0.05) is 35.9 Å². The highest BCUT2D eigenvalue weighted by molar-refractivity contribution is 6.30. The molecule has 2 aliphatic rings. The molecule has 3 N–H and O–H groups in total. The highest BCUT2D eigenvalue weighted by Crippen LogP contribution is 2.27. The molecule has 0 saturated heterocycles. The van der Waals surface area contributed by atoms with E-state index in [1.54, 1.807) is 23.1 Å². The van der Waals surface area contributed by atoms with Crippen LogP contribution in [-0.4, -0.2) is 53.6 Å². The standard InChI is InChI=1S/C24H24ClN3O3/c25-19-8-9-20-17(14-19)13-18(15-26-20)23(30)27-21(12-16-6-2-1-3-7-16)22(29)24(31)28-10-4-5-11-28/h1-9,13-14,21-22,26,29H,10-12,15H2,(H,27,30)/t21-,22+/m0/s1. The van der Waals surface area contributed by atoms with Gasteiger partial charge in [-0.05, 0) is 41.8 Å². The van der Waals surface area contributed by atoms with Gasteiger partial charge in [-0.2, -0.15) is 0 Å². The first-order valence-corrected chi connectivity index (χ1v) is 10.6. The van der Waals surface area contributed by atoms with Crippen LogP contribution in [0.1, 0.15) is 11.1 Å². The molecule has 160 valence electrons. The van der Waals surface area contributed by atoms with Gasteiger partial charge >= 0.3 is 0 Å². The predicted molar refractivity (Wildman–Crippen MR) is 122 cm³/mol. The number of aliphatic hydroxyl groups excluding tert-OH is 1. The van der Waals surface area contributed by atoms with Gasteiger partial charge < -0.3 is 20.6 Å². The van der Waals surface area contributed by atoms with Gasteiger partial charge in [-0.15, -0.1) is 0 Å². The molecule has 2 heterocycles. The molecule has 31 heavy (non-hydrogen) atoms. The van der Waals surface area contributed by atoms with Crippen LogP contribution in [0.2, 0.25) is 5.02 Å². The molecule has 0 aromatic heterocycles. The monoisotopic (exact) mass is 437 g/mol. The third-order valence-corrected chi connectivity index (χ3v) is 5.72. The van der Waals surface area contributed by atoms with E-state index in [1.807, 2.05) is 48.6 Å². The number of rotatable bonds is 6. The second kappa shape index (κ2) is 9.37. The third-order valence-electron chi connectivity index (χ3n) is 5.48. The maximum absolute atomic E-state index is 13.0. The van der Waals surface area contributed by atoms with E-state index >= 15 is 0 Å². The number of hydrogen-bond donors (Lipinski definition) is 3. The second-order valence-electron chi connectivity index (χ2n) is 7.68. The Bertz CT molecular complexity index is 1030. The molecular formula is C24H24ClN3O3. The Labute approximate surface area is 186 Å². The van der Waals surface area contributed by atoms with Crippen molar-refractivity contribution in [1.82, 2.24) is 10.2 Å². The molecule has 2 aliphatic heterocycles. The van der Waals surface area contributed by atoms with Gasteiger partial charge in [0.25, 0.3) is 5.91 Å². The van der Waals surface area contributed by atoms with Gasteiger partial charge in [0.05, 0.1) is 6.04 Å². The Hall–Kier alpha value is -3.09. The molecule has 2 aromatic carbocycles. The van der Waals surface area contributed by atoms with Crippen LogP contribution >= 0.6 is 11.6 Å². The van der Waals surface area contributed by atoms with Crippen molar-refractivity contribution in [2.75, 3.05) is 25.0 Å². The van der Waals surface area contributed by atoms with Crippen LogP contribution in [0.5, 0.6) is 0 Å². The summed E-state index contributed by atoms with van der Waals surface area (Å²) in [6.07, 6.45) is 4.55. The van der Waals surface area contributed by atoms with E-state index in [9.17, 15) is 14.7 Å². The van der Waals surface area contributed by atoms with E-state index in [-0.39, 0.29) is 11.8 Å². The van der Waals surface area contributed by atoms with Crippen LogP contribution in [0.3, 0.4) is 0 Å². The fraction of sp³-hybridized carbons (Fsp3) is 0.250. The highest BCUT2D eigenvalue weighted by atomic mass is 35.5. The van der Waals surface area contributed by atoms with Crippen LogP contribution in [-0.2, 0) is 16.0 Å². The lowest BCUT2D eigenvalue weighted by Gasteiger charge is -2.28. The number of hydrogen-bond acceptors (Lipinski definition) is 4. The average Bonchev–Trinajstić information content (AvgIpc) is 3.32. The molecule has 0 fully saturated rings. The number of aliphatic hydroxyl groups is 1. The minimum absolute atomic E-state index is 0.328. The summed E-state index contributed by atoms with van der Waals surface area (Å²) in [5.41, 5.74) is 3.16. The van der Waals surface area contributed by atoms with Crippen molar-refractivity contribution >= 4 is 35.2 Å². The number of benzene rings is 2. The van der Waals surface area contributed by atoms with Crippen LogP contribution in [0.4, 0.5) is 5.69 Å². The number of amides is 2. The molecule has 2 aromatic rings. The Balaban J connectivity index is 1.53. The lowest BCUT2D eigenvalue weighted by atomic mass is 9.98. The summed E-state index contributed by atoms with van der Waals surface area (Å²) in [5.74, 6) is -0.718. The molecule has 0 aliphatic carbocycles. The van der Waals surface area contributed by atoms with Gasteiger partial charge in [0.2, 0.25) is 5.91 Å². The van der Waals surface area contributed by atoms with Crippen molar-refractivity contribution in [3.05, 3.63) is 82.4 Å². The third kappa shape index (κ3) is 4.98. The number of halogens is 1. The second-order valence-corrected chi connectivity index (χ2v) is 8.12. The SMILES string of the molecule is O=C(N[C@@H](Cc1ccccc1)[C@@H](O)C(=O)N1CC=CC1)C1=Cc2cc(Cl)ccc2NC1. The van der Waals surface area contributed by atoms with E-state index in [1.165, 1.54) is 0 Å². The van der Waals surface area contributed by atoms with Gasteiger partial charge in [-0.1, -0.05) is 54.1 Å². The number of nitrogens with one attached hydrogen (secondary N) is 2. The summed E-state index contributed by atoms with van der Waals surface area (Å²) < 4.78 is 0. The molecule has 0 bridgehead atoms. The van der Waals surface area contributed by atoms with Crippen molar-refractivity contribution in [3.63, 3.8) is 0 Å². The number of anilines is 1. The average molecular weight is 438 g/mol. The summed E-state index contributed by atoms with van der Waals surface area (Å²) >= 11 is 6.08. The zero-order valence-electron chi connectivity index (χ0n) is 16.9. The first-order valence-electron chi connectivity index (χ1n) is 10.2. The largest absolute Gasteiger partial charge is 0.381 e. The molecule has 0 unspecified atom stereocenters. The van der Waals surface area contributed by atoms with E-state index in [2.05, 4.69) is 10.6 Å².